The molecule has 3 heteroatoms. The van der Waals surface area contributed by atoms with E-state index >= 15 is 0 Å². The van der Waals surface area contributed by atoms with E-state index in [1.165, 1.54) is 13.0 Å². The first kappa shape index (κ1) is 10.7. The summed E-state index contributed by atoms with van der Waals surface area (Å²) < 4.78 is 0. The Kier molecular flexibility index (Phi) is 3.10. The number of carbonyl (C=O) groups is 1. The molecule has 0 bridgehead atoms. The molecule has 3 nitrogen and oxygen atoms in total. The van der Waals surface area contributed by atoms with Gasteiger partial charge in [0.15, 0.2) is 0 Å². The zero-order valence-electron chi connectivity index (χ0n) is 9.65. The molecular formula is C12H20N2O. The Labute approximate surface area is 91.7 Å². The van der Waals surface area contributed by atoms with Gasteiger partial charge in [-0.2, -0.15) is 0 Å². The highest BCUT2D eigenvalue weighted by molar-refractivity contribution is 5.87. The van der Waals surface area contributed by atoms with E-state index in [-0.39, 0.29) is 5.91 Å². The fourth-order valence-corrected chi connectivity index (χ4v) is 2.78. The summed E-state index contributed by atoms with van der Waals surface area (Å²) in [4.78, 5) is 16.1. The van der Waals surface area contributed by atoms with Crippen LogP contribution in [0.5, 0.6) is 0 Å². The molecule has 0 aromatic heterocycles. The Bertz CT molecular complexity index is 275. The minimum atomic E-state index is 0.189. The number of hydrogen-bond acceptors (Lipinski definition) is 2. The highest BCUT2D eigenvalue weighted by atomic mass is 16.2. The molecule has 2 saturated heterocycles. The predicted octanol–water partition coefficient (Wildman–Crippen LogP) is 0.973. The van der Waals surface area contributed by atoms with E-state index in [4.69, 9.17) is 0 Å². The standard InChI is InChI=1S/C12H20N2O/c1-3-4-12(15)14-8-10-5-6-13(2)7-11(10)9-14/h3-4,10-11H,5-9H2,1-2H3/b4-3+. The Morgan fingerprint density at radius 3 is 2.73 bits per heavy atom. The van der Waals surface area contributed by atoms with Gasteiger partial charge in [-0.05, 0) is 44.8 Å². The van der Waals surface area contributed by atoms with Crippen LogP contribution in [0.2, 0.25) is 0 Å². The molecule has 0 radical (unpaired) electrons. The SMILES string of the molecule is C/C=C/C(=O)N1CC2CCN(C)CC2C1. The smallest absolute Gasteiger partial charge is 0.246 e. The molecule has 2 heterocycles. The molecule has 0 aromatic rings. The van der Waals surface area contributed by atoms with Crippen molar-refractivity contribution in [2.75, 3.05) is 33.2 Å². The molecule has 0 aromatic carbocycles. The quantitative estimate of drug-likeness (QED) is 0.600. The maximum absolute atomic E-state index is 11.7. The molecule has 15 heavy (non-hydrogen) atoms. The van der Waals surface area contributed by atoms with E-state index in [9.17, 15) is 4.79 Å². The van der Waals surface area contributed by atoms with Crippen LogP contribution in [0, 0.1) is 11.8 Å². The average Bonchev–Trinajstić information content (AvgIpc) is 2.60. The molecule has 0 aliphatic carbocycles. The summed E-state index contributed by atoms with van der Waals surface area (Å²) in [6.07, 6.45) is 4.76. The number of hydrogen-bond donors (Lipinski definition) is 0. The maximum Gasteiger partial charge on any atom is 0.246 e. The van der Waals surface area contributed by atoms with E-state index in [0.717, 1.165) is 25.6 Å². The lowest BCUT2D eigenvalue weighted by molar-refractivity contribution is -0.125. The number of rotatable bonds is 1. The third-order valence-electron chi connectivity index (χ3n) is 3.63. The van der Waals surface area contributed by atoms with Gasteiger partial charge in [-0.25, -0.2) is 0 Å². The summed E-state index contributed by atoms with van der Waals surface area (Å²) in [7, 11) is 2.17. The molecule has 0 spiro atoms. The van der Waals surface area contributed by atoms with Crippen LogP contribution in [0.3, 0.4) is 0 Å². The van der Waals surface area contributed by atoms with Gasteiger partial charge in [0, 0.05) is 19.6 Å². The molecule has 2 aliphatic rings. The summed E-state index contributed by atoms with van der Waals surface area (Å²) >= 11 is 0. The molecular weight excluding hydrogens is 188 g/mol. The van der Waals surface area contributed by atoms with Gasteiger partial charge in [0.1, 0.15) is 0 Å². The summed E-state index contributed by atoms with van der Waals surface area (Å²) in [5, 5.41) is 0. The topological polar surface area (TPSA) is 23.6 Å². The lowest BCUT2D eigenvalue weighted by atomic mass is 9.89. The second-order valence-corrected chi connectivity index (χ2v) is 4.81. The number of fused-ring (bicyclic) bond motifs is 1. The van der Waals surface area contributed by atoms with Crippen LogP contribution in [-0.4, -0.2) is 48.9 Å². The van der Waals surface area contributed by atoms with E-state index < -0.39 is 0 Å². The van der Waals surface area contributed by atoms with Crippen LogP contribution in [-0.2, 0) is 4.79 Å². The van der Waals surface area contributed by atoms with Gasteiger partial charge < -0.3 is 9.80 Å². The van der Waals surface area contributed by atoms with Crippen LogP contribution < -0.4 is 0 Å². The molecule has 2 unspecified atom stereocenters. The van der Waals surface area contributed by atoms with Gasteiger partial charge in [-0.3, -0.25) is 4.79 Å². The lowest BCUT2D eigenvalue weighted by Gasteiger charge is -2.31. The van der Waals surface area contributed by atoms with Crippen LogP contribution in [0.15, 0.2) is 12.2 Å². The summed E-state index contributed by atoms with van der Waals surface area (Å²) in [5.41, 5.74) is 0. The third kappa shape index (κ3) is 2.23. The minimum Gasteiger partial charge on any atom is -0.339 e. The monoisotopic (exact) mass is 208 g/mol. The van der Waals surface area contributed by atoms with Gasteiger partial charge in [0.05, 0.1) is 0 Å². The molecule has 2 atom stereocenters. The van der Waals surface area contributed by atoms with Crippen molar-refractivity contribution in [3.63, 3.8) is 0 Å². The lowest BCUT2D eigenvalue weighted by Crippen LogP contribution is -2.37. The number of piperidine rings is 1. The second-order valence-electron chi connectivity index (χ2n) is 4.81. The second kappa shape index (κ2) is 4.35. The molecule has 2 rings (SSSR count). The van der Waals surface area contributed by atoms with Crippen LogP contribution in [0.1, 0.15) is 13.3 Å². The van der Waals surface area contributed by atoms with Crippen molar-refractivity contribution >= 4 is 5.91 Å². The van der Waals surface area contributed by atoms with Crippen molar-refractivity contribution in [3.05, 3.63) is 12.2 Å². The van der Waals surface area contributed by atoms with E-state index in [0.29, 0.717) is 5.92 Å². The van der Waals surface area contributed by atoms with Crippen molar-refractivity contribution in [1.29, 1.82) is 0 Å². The largest absolute Gasteiger partial charge is 0.339 e. The fourth-order valence-electron chi connectivity index (χ4n) is 2.78. The average molecular weight is 208 g/mol. The third-order valence-corrected chi connectivity index (χ3v) is 3.63. The Morgan fingerprint density at radius 1 is 1.27 bits per heavy atom. The van der Waals surface area contributed by atoms with Crippen molar-refractivity contribution in [3.8, 4) is 0 Å². The zero-order valence-corrected chi connectivity index (χ0v) is 9.65. The van der Waals surface area contributed by atoms with Gasteiger partial charge in [0.25, 0.3) is 0 Å². The molecule has 2 aliphatic heterocycles. The number of nitrogens with zero attached hydrogens (tertiary/aromatic N) is 2. The van der Waals surface area contributed by atoms with Crippen molar-refractivity contribution in [1.82, 2.24) is 9.80 Å². The fraction of sp³-hybridized carbons (Fsp3) is 0.750. The van der Waals surface area contributed by atoms with Gasteiger partial charge in [-0.1, -0.05) is 6.08 Å². The summed E-state index contributed by atoms with van der Waals surface area (Å²) in [6, 6.07) is 0. The highest BCUT2D eigenvalue weighted by Gasteiger charge is 2.37. The predicted molar refractivity (Wildman–Crippen MR) is 60.5 cm³/mol. The molecule has 0 saturated carbocycles. The van der Waals surface area contributed by atoms with E-state index in [1.807, 2.05) is 17.9 Å². The van der Waals surface area contributed by atoms with Crippen molar-refractivity contribution in [2.45, 2.75) is 13.3 Å². The highest BCUT2D eigenvalue weighted by Crippen LogP contribution is 2.30. The Morgan fingerprint density at radius 2 is 2.00 bits per heavy atom. The first-order chi connectivity index (χ1) is 7.20. The first-order valence-corrected chi connectivity index (χ1v) is 5.81. The summed E-state index contributed by atoms with van der Waals surface area (Å²) in [5.74, 6) is 1.64. The maximum atomic E-state index is 11.7. The Hall–Kier alpha value is -0.830. The zero-order chi connectivity index (χ0) is 10.8. The van der Waals surface area contributed by atoms with Crippen molar-refractivity contribution in [2.24, 2.45) is 11.8 Å². The molecule has 84 valence electrons. The molecule has 0 N–H and O–H groups in total. The van der Waals surface area contributed by atoms with Crippen molar-refractivity contribution < 1.29 is 4.79 Å². The van der Waals surface area contributed by atoms with E-state index in [2.05, 4.69) is 11.9 Å². The van der Waals surface area contributed by atoms with Crippen LogP contribution in [0.4, 0.5) is 0 Å². The number of allylic oxidation sites excluding steroid dienone is 1. The first-order valence-electron chi connectivity index (χ1n) is 5.81. The molecule has 2 fully saturated rings. The summed E-state index contributed by atoms with van der Waals surface area (Å²) in [6.45, 7) is 6.17. The molecule has 1 amide bonds. The van der Waals surface area contributed by atoms with Crippen LogP contribution >= 0.6 is 0 Å². The van der Waals surface area contributed by atoms with E-state index in [1.54, 1.807) is 6.08 Å². The van der Waals surface area contributed by atoms with Crippen LogP contribution in [0.25, 0.3) is 0 Å². The number of carbonyl (C=O) groups excluding carboxylic acids is 1. The number of likely N-dealkylation sites (tertiary alicyclic amines) is 2. The number of amides is 1. The van der Waals surface area contributed by atoms with Gasteiger partial charge in [-0.15, -0.1) is 0 Å². The normalized spacial score (nSPS) is 32.3. The Balaban J connectivity index is 1.96. The van der Waals surface area contributed by atoms with Gasteiger partial charge in [0.2, 0.25) is 5.91 Å². The van der Waals surface area contributed by atoms with Gasteiger partial charge >= 0.3 is 0 Å². The minimum absolute atomic E-state index is 0.189.